The van der Waals surface area contributed by atoms with E-state index in [-0.39, 0.29) is 17.1 Å². The van der Waals surface area contributed by atoms with Gasteiger partial charge in [0.25, 0.3) is 0 Å². The van der Waals surface area contributed by atoms with Crippen molar-refractivity contribution in [2.24, 2.45) is 17.3 Å². The molecule has 0 radical (unpaired) electrons. The summed E-state index contributed by atoms with van der Waals surface area (Å²) in [5.41, 5.74) is 1.36. The van der Waals surface area contributed by atoms with Crippen molar-refractivity contribution in [3.05, 3.63) is 60.2 Å². The quantitative estimate of drug-likeness (QED) is 0.252. The van der Waals surface area contributed by atoms with Gasteiger partial charge in [0.2, 0.25) is 0 Å². The summed E-state index contributed by atoms with van der Waals surface area (Å²) in [6.45, 7) is 24.0. The van der Waals surface area contributed by atoms with Crippen LogP contribution in [0.5, 0.6) is 0 Å². The SMILES string of the molecule is C=CC(O)(COCc1ccccc1)CC1=CC[C@H](C(C)C)[C@@]1(C)CCO[Si](C)(C)C(C)(C)C. The number of hydrogen-bond acceptors (Lipinski definition) is 3. The predicted molar refractivity (Wildman–Crippen MR) is 143 cm³/mol. The third-order valence-electron chi connectivity index (χ3n) is 8.21. The number of rotatable bonds is 12. The van der Waals surface area contributed by atoms with Gasteiger partial charge in [-0.15, -0.1) is 6.58 Å². The molecule has 0 saturated heterocycles. The van der Waals surface area contributed by atoms with Crippen molar-refractivity contribution in [2.75, 3.05) is 13.2 Å². The Bertz CT molecular complexity index is 793. The minimum absolute atomic E-state index is 0.00690. The maximum Gasteiger partial charge on any atom is 0.191 e. The van der Waals surface area contributed by atoms with Crippen LogP contribution in [0.2, 0.25) is 18.1 Å². The molecule has 0 fully saturated rings. The molecular formula is C29H48O3Si. The Hall–Kier alpha value is -1.20. The molecule has 1 aliphatic carbocycles. The van der Waals surface area contributed by atoms with E-state index in [1.54, 1.807) is 6.08 Å². The van der Waals surface area contributed by atoms with Crippen LogP contribution in [0.25, 0.3) is 0 Å². The molecule has 4 heteroatoms. The van der Waals surface area contributed by atoms with Crippen molar-refractivity contribution in [1.82, 2.24) is 0 Å². The molecule has 0 bridgehead atoms. The van der Waals surface area contributed by atoms with Crippen molar-refractivity contribution in [3.8, 4) is 0 Å². The monoisotopic (exact) mass is 472 g/mol. The Balaban J connectivity index is 2.09. The summed E-state index contributed by atoms with van der Waals surface area (Å²) in [7, 11) is -1.79. The van der Waals surface area contributed by atoms with Crippen LogP contribution in [0.15, 0.2) is 54.6 Å². The van der Waals surface area contributed by atoms with Crippen molar-refractivity contribution < 1.29 is 14.3 Å². The number of ether oxygens (including phenoxy) is 1. The van der Waals surface area contributed by atoms with E-state index in [1.807, 2.05) is 30.3 Å². The second-order valence-electron chi connectivity index (χ2n) is 12.1. The average Bonchev–Trinajstić information content (AvgIpc) is 3.03. The van der Waals surface area contributed by atoms with E-state index in [9.17, 15) is 5.11 Å². The van der Waals surface area contributed by atoms with Gasteiger partial charge in [0.15, 0.2) is 8.32 Å². The highest BCUT2D eigenvalue weighted by atomic mass is 28.4. The summed E-state index contributed by atoms with van der Waals surface area (Å²) in [6.07, 6.45) is 6.62. The molecule has 1 aromatic carbocycles. The fourth-order valence-electron chi connectivity index (χ4n) is 4.80. The first-order valence-electron chi connectivity index (χ1n) is 12.6. The summed E-state index contributed by atoms with van der Waals surface area (Å²) in [5.74, 6) is 1.12. The van der Waals surface area contributed by atoms with Gasteiger partial charge in [-0.25, -0.2) is 0 Å². The lowest BCUT2D eigenvalue weighted by molar-refractivity contribution is -0.0231. The minimum Gasteiger partial charge on any atom is -0.417 e. The highest BCUT2D eigenvalue weighted by Gasteiger charge is 2.45. The molecule has 1 N–H and O–H groups in total. The zero-order valence-corrected chi connectivity index (χ0v) is 23.4. The molecule has 0 aromatic heterocycles. The van der Waals surface area contributed by atoms with Gasteiger partial charge in [-0.2, -0.15) is 0 Å². The van der Waals surface area contributed by atoms with Gasteiger partial charge >= 0.3 is 0 Å². The summed E-state index contributed by atoms with van der Waals surface area (Å²) in [6, 6.07) is 10.1. The van der Waals surface area contributed by atoms with Crippen LogP contribution in [0.3, 0.4) is 0 Å². The van der Waals surface area contributed by atoms with E-state index >= 15 is 0 Å². The molecule has 2 rings (SSSR count). The molecule has 0 spiro atoms. The van der Waals surface area contributed by atoms with Crippen LogP contribution in [0.1, 0.15) is 66.4 Å². The normalized spacial score (nSPS) is 23.5. The summed E-state index contributed by atoms with van der Waals surface area (Å²) in [4.78, 5) is 0. The van der Waals surface area contributed by atoms with Crippen LogP contribution in [0, 0.1) is 17.3 Å². The maximum absolute atomic E-state index is 11.4. The number of benzene rings is 1. The first-order valence-corrected chi connectivity index (χ1v) is 15.5. The van der Waals surface area contributed by atoms with E-state index in [1.165, 1.54) is 5.57 Å². The van der Waals surface area contributed by atoms with Crippen molar-refractivity contribution in [1.29, 1.82) is 0 Å². The lowest BCUT2D eigenvalue weighted by Crippen LogP contribution is -2.42. The Morgan fingerprint density at radius 3 is 2.39 bits per heavy atom. The van der Waals surface area contributed by atoms with Gasteiger partial charge in [0.1, 0.15) is 5.60 Å². The Kier molecular flexibility index (Phi) is 9.37. The molecule has 0 amide bonds. The second-order valence-corrected chi connectivity index (χ2v) is 16.9. The number of allylic oxidation sites excluding steroid dienone is 1. The van der Waals surface area contributed by atoms with Crippen LogP contribution in [-0.4, -0.2) is 32.2 Å². The Labute approximate surface area is 204 Å². The van der Waals surface area contributed by atoms with E-state index in [0.717, 1.165) is 25.0 Å². The van der Waals surface area contributed by atoms with Gasteiger partial charge < -0.3 is 14.3 Å². The first kappa shape index (κ1) is 28.0. The molecule has 1 aliphatic rings. The van der Waals surface area contributed by atoms with E-state index in [4.69, 9.17) is 9.16 Å². The van der Waals surface area contributed by atoms with Crippen molar-refractivity contribution in [2.45, 2.75) is 91.1 Å². The summed E-state index contributed by atoms with van der Waals surface area (Å²) >= 11 is 0. The van der Waals surface area contributed by atoms with E-state index in [0.29, 0.717) is 24.9 Å². The Morgan fingerprint density at radius 1 is 1.21 bits per heavy atom. The highest BCUT2D eigenvalue weighted by molar-refractivity contribution is 6.74. The molecule has 186 valence electrons. The smallest absolute Gasteiger partial charge is 0.191 e. The largest absolute Gasteiger partial charge is 0.417 e. The van der Waals surface area contributed by atoms with Gasteiger partial charge in [-0.05, 0) is 53.8 Å². The van der Waals surface area contributed by atoms with Gasteiger partial charge in [-0.1, -0.05) is 89.6 Å². The van der Waals surface area contributed by atoms with E-state index < -0.39 is 13.9 Å². The van der Waals surface area contributed by atoms with Gasteiger partial charge in [-0.3, -0.25) is 0 Å². The third kappa shape index (κ3) is 7.14. The summed E-state index contributed by atoms with van der Waals surface area (Å²) in [5, 5.41) is 11.6. The van der Waals surface area contributed by atoms with Gasteiger partial charge in [0, 0.05) is 13.0 Å². The molecule has 3 atom stereocenters. The topological polar surface area (TPSA) is 38.7 Å². The number of hydrogen-bond donors (Lipinski definition) is 1. The first-order chi connectivity index (χ1) is 15.2. The summed E-state index contributed by atoms with van der Waals surface area (Å²) < 4.78 is 12.5. The maximum atomic E-state index is 11.4. The molecule has 0 aliphatic heterocycles. The second kappa shape index (κ2) is 11.0. The fourth-order valence-corrected chi connectivity index (χ4v) is 5.84. The van der Waals surface area contributed by atoms with Crippen LogP contribution in [0.4, 0.5) is 0 Å². The van der Waals surface area contributed by atoms with Crippen molar-refractivity contribution in [3.63, 3.8) is 0 Å². The molecule has 0 saturated carbocycles. The molecule has 1 aromatic rings. The molecule has 1 unspecified atom stereocenters. The standard InChI is InChI=1S/C29H48O3Si/c1-10-29(30,22-31-21-24-14-12-11-13-15-24)20-25-16-17-26(23(2)3)28(25,7)18-19-32-33(8,9)27(4,5)6/h10-16,23,26,30H,1,17-22H2,2-9H3/t26-,28+,29?/m1/s1. The number of aliphatic hydroxyl groups is 1. The highest BCUT2D eigenvalue weighted by Crippen LogP contribution is 2.52. The third-order valence-corrected chi connectivity index (χ3v) is 12.7. The lowest BCUT2D eigenvalue weighted by atomic mass is 9.67. The molecule has 0 heterocycles. The van der Waals surface area contributed by atoms with E-state index in [2.05, 4.69) is 67.3 Å². The predicted octanol–water partition coefficient (Wildman–Crippen LogP) is 7.53. The zero-order chi connectivity index (χ0) is 24.9. The van der Waals surface area contributed by atoms with Crippen LogP contribution >= 0.6 is 0 Å². The van der Waals surface area contributed by atoms with Crippen LogP contribution in [-0.2, 0) is 15.8 Å². The molecule has 3 nitrogen and oxygen atoms in total. The van der Waals surface area contributed by atoms with Crippen LogP contribution < -0.4 is 0 Å². The zero-order valence-electron chi connectivity index (χ0n) is 22.4. The van der Waals surface area contributed by atoms with Gasteiger partial charge in [0.05, 0.1) is 13.2 Å². The van der Waals surface area contributed by atoms with Crippen molar-refractivity contribution >= 4 is 8.32 Å². The minimum atomic E-state index is -1.79. The fraction of sp³-hybridized carbons (Fsp3) is 0.655. The molecular weight excluding hydrogens is 424 g/mol. The average molecular weight is 473 g/mol. The lowest BCUT2D eigenvalue weighted by Gasteiger charge is -2.42. The molecule has 33 heavy (non-hydrogen) atoms. The Morgan fingerprint density at radius 2 is 1.85 bits per heavy atom.